The molecule has 2 aromatic heterocycles. The maximum Gasteiger partial charge on any atom is 0.328 e. The summed E-state index contributed by atoms with van der Waals surface area (Å²) < 4.78 is 6.02. The van der Waals surface area contributed by atoms with Gasteiger partial charge in [-0.1, -0.05) is 5.16 Å². The Morgan fingerprint density at radius 1 is 1.45 bits per heavy atom. The molecule has 1 fully saturated rings. The quantitative estimate of drug-likeness (QED) is 0.798. The SMILES string of the molecule is Cl.Cn1c(=O)[nH]cc(-c2nc(C3(N)CCC3)no2)c1=O. The van der Waals surface area contributed by atoms with Crippen LogP contribution in [0.15, 0.2) is 20.3 Å². The Kier molecular flexibility index (Phi) is 3.53. The molecular weight excluding hydrogens is 286 g/mol. The lowest BCUT2D eigenvalue weighted by Gasteiger charge is -2.34. The lowest BCUT2D eigenvalue weighted by Crippen LogP contribution is -2.44. The maximum absolute atomic E-state index is 11.9. The average Bonchev–Trinajstić information content (AvgIpc) is 2.83. The minimum absolute atomic E-state index is 0. The third kappa shape index (κ3) is 2.06. The zero-order valence-electron chi connectivity index (χ0n) is 10.8. The van der Waals surface area contributed by atoms with Gasteiger partial charge in [0.05, 0.1) is 5.54 Å². The summed E-state index contributed by atoms with van der Waals surface area (Å²) in [5.41, 5.74) is 4.71. The fourth-order valence-electron chi connectivity index (χ4n) is 2.03. The van der Waals surface area contributed by atoms with Crippen LogP contribution in [0.5, 0.6) is 0 Å². The fraction of sp³-hybridized carbons (Fsp3) is 0.455. The largest absolute Gasteiger partial charge is 0.334 e. The van der Waals surface area contributed by atoms with Crippen LogP contribution >= 0.6 is 12.4 Å². The van der Waals surface area contributed by atoms with E-state index in [2.05, 4.69) is 15.1 Å². The van der Waals surface area contributed by atoms with E-state index < -0.39 is 16.8 Å². The summed E-state index contributed by atoms with van der Waals surface area (Å²) in [4.78, 5) is 29.8. The molecule has 2 aromatic rings. The van der Waals surface area contributed by atoms with Gasteiger partial charge in [-0.2, -0.15) is 4.98 Å². The van der Waals surface area contributed by atoms with Crippen molar-refractivity contribution >= 4 is 12.4 Å². The molecule has 1 saturated carbocycles. The average molecular weight is 300 g/mol. The Labute approximate surface area is 119 Å². The number of rotatable bonds is 2. The molecule has 0 unspecified atom stereocenters. The number of H-pyrrole nitrogens is 1. The number of nitrogens with two attached hydrogens (primary N) is 1. The Balaban J connectivity index is 0.00000147. The molecule has 9 heteroatoms. The number of hydrogen-bond donors (Lipinski definition) is 2. The molecule has 0 spiro atoms. The summed E-state index contributed by atoms with van der Waals surface area (Å²) >= 11 is 0. The number of hydrogen-bond acceptors (Lipinski definition) is 6. The molecule has 0 bridgehead atoms. The van der Waals surface area contributed by atoms with Crippen molar-refractivity contribution in [3.63, 3.8) is 0 Å². The number of nitrogens with one attached hydrogen (secondary N) is 1. The highest BCUT2D eigenvalue weighted by atomic mass is 35.5. The summed E-state index contributed by atoms with van der Waals surface area (Å²) in [6.45, 7) is 0. The summed E-state index contributed by atoms with van der Waals surface area (Å²) in [5, 5.41) is 3.83. The van der Waals surface area contributed by atoms with Crippen LogP contribution in [-0.4, -0.2) is 19.7 Å². The van der Waals surface area contributed by atoms with E-state index >= 15 is 0 Å². The van der Waals surface area contributed by atoms with Gasteiger partial charge in [0, 0.05) is 13.2 Å². The van der Waals surface area contributed by atoms with E-state index in [9.17, 15) is 9.59 Å². The molecule has 20 heavy (non-hydrogen) atoms. The monoisotopic (exact) mass is 299 g/mol. The van der Waals surface area contributed by atoms with Crippen molar-refractivity contribution in [2.75, 3.05) is 0 Å². The second kappa shape index (κ2) is 4.88. The molecule has 0 radical (unpaired) electrons. The lowest BCUT2D eigenvalue weighted by atomic mass is 9.77. The zero-order valence-corrected chi connectivity index (χ0v) is 11.6. The van der Waals surface area contributed by atoms with Crippen LogP contribution in [0, 0.1) is 0 Å². The second-order valence-corrected chi connectivity index (χ2v) is 4.80. The van der Waals surface area contributed by atoms with Crippen molar-refractivity contribution in [3.05, 3.63) is 32.9 Å². The number of aromatic amines is 1. The Morgan fingerprint density at radius 2 is 2.15 bits per heavy atom. The summed E-state index contributed by atoms with van der Waals surface area (Å²) in [6, 6.07) is 0. The highest BCUT2D eigenvalue weighted by Gasteiger charge is 2.39. The molecule has 0 aromatic carbocycles. The molecule has 1 aliphatic carbocycles. The Bertz CT molecular complexity index is 743. The van der Waals surface area contributed by atoms with Crippen molar-refractivity contribution in [1.82, 2.24) is 19.7 Å². The van der Waals surface area contributed by atoms with Crippen LogP contribution in [0.4, 0.5) is 0 Å². The first-order valence-electron chi connectivity index (χ1n) is 5.93. The van der Waals surface area contributed by atoms with E-state index in [-0.39, 0.29) is 23.9 Å². The van der Waals surface area contributed by atoms with Crippen LogP contribution < -0.4 is 17.0 Å². The van der Waals surface area contributed by atoms with Gasteiger partial charge >= 0.3 is 5.69 Å². The van der Waals surface area contributed by atoms with Gasteiger partial charge in [-0.3, -0.25) is 9.36 Å². The molecule has 3 rings (SSSR count). The predicted molar refractivity (Wildman–Crippen MR) is 72.6 cm³/mol. The Morgan fingerprint density at radius 3 is 2.75 bits per heavy atom. The highest BCUT2D eigenvalue weighted by Crippen LogP contribution is 2.37. The van der Waals surface area contributed by atoms with Crippen LogP contribution in [0.25, 0.3) is 11.5 Å². The Hall–Kier alpha value is -1.93. The van der Waals surface area contributed by atoms with Gasteiger partial charge in [0.2, 0.25) is 0 Å². The molecule has 0 aliphatic heterocycles. The van der Waals surface area contributed by atoms with Gasteiger partial charge < -0.3 is 15.2 Å². The highest BCUT2D eigenvalue weighted by molar-refractivity contribution is 5.85. The van der Waals surface area contributed by atoms with Crippen molar-refractivity contribution in [2.45, 2.75) is 24.8 Å². The first-order valence-corrected chi connectivity index (χ1v) is 5.93. The predicted octanol–water partition coefficient (Wildman–Crippen LogP) is -0.117. The van der Waals surface area contributed by atoms with Gasteiger partial charge in [0.15, 0.2) is 5.82 Å². The smallest absolute Gasteiger partial charge is 0.328 e. The van der Waals surface area contributed by atoms with Crippen LogP contribution in [0.2, 0.25) is 0 Å². The zero-order chi connectivity index (χ0) is 13.6. The molecule has 1 aliphatic rings. The van der Waals surface area contributed by atoms with Gasteiger partial charge in [0.25, 0.3) is 11.4 Å². The molecule has 2 heterocycles. The third-order valence-corrected chi connectivity index (χ3v) is 3.53. The van der Waals surface area contributed by atoms with E-state index in [0.29, 0.717) is 5.82 Å². The van der Waals surface area contributed by atoms with E-state index in [1.165, 1.54) is 13.2 Å². The first-order chi connectivity index (χ1) is 9.01. The summed E-state index contributed by atoms with van der Waals surface area (Å²) in [5.74, 6) is 0.477. The van der Waals surface area contributed by atoms with E-state index in [0.717, 1.165) is 23.8 Å². The van der Waals surface area contributed by atoms with E-state index in [4.69, 9.17) is 10.3 Å². The molecule has 3 N–H and O–H groups in total. The van der Waals surface area contributed by atoms with Gasteiger partial charge in [0.1, 0.15) is 5.56 Å². The topological polar surface area (TPSA) is 120 Å². The molecule has 8 nitrogen and oxygen atoms in total. The normalized spacial score (nSPS) is 16.3. The van der Waals surface area contributed by atoms with E-state index in [1.54, 1.807) is 0 Å². The minimum Gasteiger partial charge on any atom is -0.334 e. The van der Waals surface area contributed by atoms with Crippen LogP contribution in [0.3, 0.4) is 0 Å². The molecule has 0 atom stereocenters. The van der Waals surface area contributed by atoms with E-state index in [1.807, 2.05) is 0 Å². The first kappa shape index (κ1) is 14.5. The van der Waals surface area contributed by atoms with Crippen molar-refractivity contribution < 1.29 is 4.52 Å². The maximum atomic E-state index is 11.9. The molecule has 0 saturated heterocycles. The minimum atomic E-state index is -0.546. The van der Waals surface area contributed by atoms with Crippen molar-refractivity contribution in [3.8, 4) is 11.5 Å². The fourth-order valence-corrected chi connectivity index (χ4v) is 2.03. The number of halogens is 1. The number of aromatic nitrogens is 4. The number of nitrogens with zero attached hydrogens (tertiary/aromatic N) is 3. The van der Waals surface area contributed by atoms with Crippen molar-refractivity contribution in [2.24, 2.45) is 12.8 Å². The molecule has 0 amide bonds. The van der Waals surface area contributed by atoms with Crippen LogP contribution in [0.1, 0.15) is 25.1 Å². The van der Waals surface area contributed by atoms with Gasteiger partial charge in [-0.15, -0.1) is 12.4 Å². The second-order valence-electron chi connectivity index (χ2n) is 4.80. The summed E-state index contributed by atoms with van der Waals surface area (Å²) in [6.07, 6.45) is 3.90. The van der Waals surface area contributed by atoms with Gasteiger partial charge in [-0.25, -0.2) is 4.79 Å². The molecule has 108 valence electrons. The van der Waals surface area contributed by atoms with Crippen LogP contribution in [-0.2, 0) is 12.6 Å². The van der Waals surface area contributed by atoms with Crippen molar-refractivity contribution in [1.29, 1.82) is 0 Å². The lowest BCUT2D eigenvalue weighted by molar-refractivity contribution is 0.229. The standard InChI is InChI=1S/C11H13N5O3.ClH/c1-16-8(17)6(5-13-10(16)18)7-14-9(15-19-7)11(12)3-2-4-11;/h5H,2-4,12H2,1H3,(H,13,18);1H. The summed E-state index contributed by atoms with van der Waals surface area (Å²) in [7, 11) is 1.37. The van der Waals surface area contributed by atoms with Gasteiger partial charge in [-0.05, 0) is 19.3 Å². The molecular formula is C11H14ClN5O3. The third-order valence-electron chi connectivity index (χ3n) is 3.53.